The van der Waals surface area contributed by atoms with Gasteiger partial charge >= 0.3 is 12.1 Å². The maximum absolute atomic E-state index is 11.7. The highest BCUT2D eigenvalue weighted by atomic mass is 32.1. The van der Waals surface area contributed by atoms with Crippen LogP contribution >= 0.6 is 12.6 Å². The average Bonchev–Trinajstić information content (AvgIpc) is 2.44. The summed E-state index contributed by atoms with van der Waals surface area (Å²) >= 11 is 4.20. The van der Waals surface area contributed by atoms with Crippen molar-refractivity contribution < 1.29 is 19.4 Å². The van der Waals surface area contributed by atoms with Gasteiger partial charge in [0.25, 0.3) is 0 Å². The first-order valence-electron chi connectivity index (χ1n) is 5.11. The molecule has 1 aliphatic rings. The fraction of sp³-hybridized carbons (Fsp3) is 0.800. The topological polar surface area (TPSA) is 66.8 Å². The van der Waals surface area contributed by atoms with Crippen LogP contribution in [-0.2, 0) is 9.53 Å². The number of amides is 1. The number of carboxylic acid groups (broad SMARTS) is 1. The molecule has 0 aromatic heterocycles. The predicted molar refractivity (Wildman–Crippen MR) is 61.8 cm³/mol. The summed E-state index contributed by atoms with van der Waals surface area (Å²) in [5, 5.41) is 8.86. The first-order chi connectivity index (χ1) is 7.20. The van der Waals surface area contributed by atoms with Crippen molar-refractivity contribution in [1.29, 1.82) is 0 Å². The SMILES string of the molecule is CC(C)(C)OC(=O)N1C[C@@H](S)C[C@H]1C(=O)O. The molecule has 0 aliphatic carbocycles. The predicted octanol–water partition coefficient (Wildman–Crippen LogP) is 1.38. The molecule has 0 aromatic carbocycles. The number of carboxylic acids is 1. The maximum Gasteiger partial charge on any atom is 0.411 e. The van der Waals surface area contributed by atoms with Gasteiger partial charge in [-0.15, -0.1) is 0 Å². The standard InChI is InChI=1S/C10H17NO4S/c1-10(2,3)15-9(14)11-5-6(16)4-7(11)8(12)13/h6-7,16H,4-5H2,1-3H3,(H,12,13)/t6-,7-/m0/s1. The minimum atomic E-state index is -1.01. The summed E-state index contributed by atoms with van der Waals surface area (Å²) in [6.07, 6.45) is -0.228. The lowest BCUT2D eigenvalue weighted by Gasteiger charge is -2.26. The summed E-state index contributed by atoms with van der Waals surface area (Å²) in [6, 6.07) is -0.822. The van der Waals surface area contributed by atoms with Gasteiger partial charge in [0.2, 0.25) is 0 Å². The van der Waals surface area contributed by atoms with E-state index in [0.29, 0.717) is 13.0 Å². The summed E-state index contributed by atoms with van der Waals surface area (Å²) in [7, 11) is 0. The van der Waals surface area contributed by atoms with E-state index in [-0.39, 0.29) is 5.25 Å². The normalized spacial score (nSPS) is 25.6. The second kappa shape index (κ2) is 4.53. The van der Waals surface area contributed by atoms with Crippen LogP contribution in [0.2, 0.25) is 0 Å². The number of nitrogens with zero attached hydrogens (tertiary/aromatic N) is 1. The van der Waals surface area contributed by atoms with Crippen molar-refractivity contribution in [3.63, 3.8) is 0 Å². The van der Waals surface area contributed by atoms with Gasteiger partial charge < -0.3 is 9.84 Å². The van der Waals surface area contributed by atoms with Crippen LogP contribution in [0.1, 0.15) is 27.2 Å². The number of likely N-dealkylation sites (tertiary alicyclic amines) is 1. The third-order valence-electron chi connectivity index (χ3n) is 2.19. The van der Waals surface area contributed by atoms with E-state index in [1.807, 2.05) is 0 Å². The summed E-state index contributed by atoms with van der Waals surface area (Å²) < 4.78 is 5.14. The van der Waals surface area contributed by atoms with E-state index in [0.717, 1.165) is 0 Å². The van der Waals surface area contributed by atoms with Crippen LogP contribution in [0, 0.1) is 0 Å². The molecule has 2 atom stereocenters. The number of hydrogen-bond donors (Lipinski definition) is 2. The lowest BCUT2D eigenvalue weighted by Crippen LogP contribution is -2.43. The second-order valence-electron chi connectivity index (χ2n) is 4.88. The van der Waals surface area contributed by atoms with Crippen LogP contribution < -0.4 is 0 Å². The Morgan fingerprint density at radius 1 is 1.44 bits per heavy atom. The summed E-state index contributed by atoms with van der Waals surface area (Å²) in [6.45, 7) is 5.55. The molecule has 0 spiro atoms. The Kier molecular flexibility index (Phi) is 3.72. The molecule has 92 valence electrons. The van der Waals surface area contributed by atoms with Crippen molar-refractivity contribution in [2.75, 3.05) is 6.54 Å². The molecule has 1 aliphatic heterocycles. The van der Waals surface area contributed by atoms with Gasteiger partial charge in [-0.3, -0.25) is 4.90 Å². The van der Waals surface area contributed by atoms with Crippen LogP contribution in [0.25, 0.3) is 0 Å². The number of hydrogen-bond acceptors (Lipinski definition) is 4. The van der Waals surface area contributed by atoms with Gasteiger partial charge in [-0.1, -0.05) is 0 Å². The molecule has 1 N–H and O–H groups in total. The first-order valence-corrected chi connectivity index (χ1v) is 5.63. The van der Waals surface area contributed by atoms with Crippen LogP contribution in [0.15, 0.2) is 0 Å². The maximum atomic E-state index is 11.7. The van der Waals surface area contributed by atoms with Gasteiger partial charge in [0.15, 0.2) is 0 Å². The quantitative estimate of drug-likeness (QED) is 0.687. The summed E-state index contributed by atoms with van der Waals surface area (Å²) in [5.41, 5.74) is -0.616. The monoisotopic (exact) mass is 247 g/mol. The van der Waals surface area contributed by atoms with E-state index < -0.39 is 23.7 Å². The number of rotatable bonds is 1. The smallest absolute Gasteiger partial charge is 0.411 e. The lowest BCUT2D eigenvalue weighted by atomic mass is 10.2. The lowest BCUT2D eigenvalue weighted by molar-refractivity contribution is -0.142. The Labute approximate surface area is 100 Å². The zero-order valence-electron chi connectivity index (χ0n) is 9.64. The van der Waals surface area contributed by atoms with Crippen LogP contribution in [0.4, 0.5) is 4.79 Å². The second-order valence-corrected chi connectivity index (χ2v) is 5.61. The van der Waals surface area contributed by atoms with Crippen molar-refractivity contribution in [3.05, 3.63) is 0 Å². The number of thiol groups is 1. The molecule has 0 bridgehead atoms. The van der Waals surface area contributed by atoms with E-state index in [9.17, 15) is 9.59 Å². The van der Waals surface area contributed by atoms with Gasteiger partial charge in [0.05, 0.1) is 0 Å². The Hall–Kier alpha value is -0.910. The molecular weight excluding hydrogens is 230 g/mol. The fourth-order valence-corrected chi connectivity index (χ4v) is 1.95. The van der Waals surface area contributed by atoms with Gasteiger partial charge in [-0.25, -0.2) is 9.59 Å². The Morgan fingerprint density at radius 3 is 2.44 bits per heavy atom. The molecule has 1 heterocycles. The van der Waals surface area contributed by atoms with Gasteiger partial charge in [-0.05, 0) is 27.2 Å². The van der Waals surface area contributed by atoms with Gasteiger partial charge in [0.1, 0.15) is 11.6 Å². The molecule has 1 amide bonds. The first kappa shape index (κ1) is 13.2. The van der Waals surface area contributed by atoms with Crippen molar-refractivity contribution in [3.8, 4) is 0 Å². The molecule has 0 aromatic rings. The molecular formula is C10H17NO4S. The molecule has 1 fully saturated rings. The molecule has 0 radical (unpaired) electrons. The third kappa shape index (κ3) is 3.30. The Morgan fingerprint density at radius 2 is 2.00 bits per heavy atom. The van der Waals surface area contributed by atoms with Crippen molar-refractivity contribution >= 4 is 24.7 Å². The summed E-state index contributed by atoms with van der Waals surface area (Å²) in [4.78, 5) is 23.9. The number of ether oxygens (including phenoxy) is 1. The highest BCUT2D eigenvalue weighted by Gasteiger charge is 2.40. The molecule has 0 saturated carbocycles. The van der Waals surface area contributed by atoms with E-state index in [4.69, 9.17) is 9.84 Å². The van der Waals surface area contributed by atoms with Crippen molar-refractivity contribution in [1.82, 2.24) is 4.90 Å². The highest BCUT2D eigenvalue weighted by Crippen LogP contribution is 2.24. The zero-order chi connectivity index (χ0) is 12.5. The minimum absolute atomic E-state index is 0.103. The van der Waals surface area contributed by atoms with Crippen LogP contribution in [0.3, 0.4) is 0 Å². The fourth-order valence-electron chi connectivity index (χ4n) is 1.57. The molecule has 0 unspecified atom stereocenters. The Balaban J connectivity index is 2.71. The Bertz CT molecular complexity index is 300. The zero-order valence-corrected chi connectivity index (χ0v) is 10.5. The van der Waals surface area contributed by atoms with Crippen LogP contribution in [-0.4, -0.2) is 45.5 Å². The van der Waals surface area contributed by atoms with Gasteiger partial charge in [0, 0.05) is 11.8 Å². The molecule has 1 rings (SSSR count). The van der Waals surface area contributed by atoms with Crippen LogP contribution in [0.5, 0.6) is 0 Å². The van der Waals surface area contributed by atoms with Crippen molar-refractivity contribution in [2.45, 2.75) is 44.1 Å². The average molecular weight is 247 g/mol. The number of carbonyl (C=O) groups excluding carboxylic acids is 1. The van der Waals surface area contributed by atoms with E-state index in [1.54, 1.807) is 20.8 Å². The highest BCUT2D eigenvalue weighted by molar-refractivity contribution is 7.81. The minimum Gasteiger partial charge on any atom is -0.480 e. The molecule has 1 saturated heterocycles. The van der Waals surface area contributed by atoms with E-state index in [2.05, 4.69) is 12.6 Å². The van der Waals surface area contributed by atoms with Crippen molar-refractivity contribution in [2.24, 2.45) is 0 Å². The molecule has 16 heavy (non-hydrogen) atoms. The van der Waals surface area contributed by atoms with Gasteiger partial charge in [-0.2, -0.15) is 12.6 Å². The molecule has 5 nitrogen and oxygen atoms in total. The van der Waals surface area contributed by atoms with E-state index in [1.165, 1.54) is 4.90 Å². The largest absolute Gasteiger partial charge is 0.480 e. The number of aliphatic carboxylic acids is 1. The third-order valence-corrected chi connectivity index (χ3v) is 2.57. The summed E-state index contributed by atoms with van der Waals surface area (Å²) in [5.74, 6) is -1.01. The number of carbonyl (C=O) groups is 2. The molecule has 6 heteroatoms. The van der Waals surface area contributed by atoms with E-state index >= 15 is 0 Å².